The van der Waals surface area contributed by atoms with Gasteiger partial charge in [0.25, 0.3) is 21.5 Å². The summed E-state index contributed by atoms with van der Waals surface area (Å²) in [7, 11) is -4.48. The average Bonchev–Trinajstić information content (AvgIpc) is 3.04. The van der Waals surface area contributed by atoms with Gasteiger partial charge in [-0.25, -0.2) is 26.9 Å². The van der Waals surface area contributed by atoms with Gasteiger partial charge in [-0.1, -0.05) is 6.92 Å². The van der Waals surface area contributed by atoms with E-state index in [1.807, 2.05) is 30.4 Å². The van der Waals surface area contributed by atoms with Crippen molar-refractivity contribution in [3.63, 3.8) is 0 Å². The van der Waals surface area contributed by atoms with Crippen LogP contribution in [-0.4, -0.2) is 36.4 Å². The van der Waals surface area contributed by atoms with E-state index < -0.39 is 43.6 Å². The number of hydrogen-bond acceptors (Lipinski definition) is 6. The maximum atomic E-state index is 13.8. The Kier molecular flexibility index (Phi) is 6.22. The van der Waals surface area contributed by atoms with Crippen LogP contribution in [0.15, 0.2) is 58.4 Å². The molecule has 0 radical (unpaired) electrons. The summed E-state index contributed by atoms with van der Waals surface area (Å²) in [6.07, 6.45) is 2.06. The lowest BCUT2D eigenvalue weighted by atomic mass is 9.97. The Morgan fingerprint density at radius 2 is 1.86 bits per heavy atom. The molecule has 1 aliphatic heterocycles. The van der Waals surface area contributed by atoms with Crippen LogP contribution in [0.2, 0.25) is 0 Å². The van der Waals surface area contributed by atoms with Crippen LogP contribution < -0.4 is 15.2 Å². The summed E-state index contributed by atoms with van der Waals surface area (Å²) in [4.78, 5) is 33.2. The summed E-state index contributed by atoms with van der Waals surface area (Å²) < 4.78 is 55.1. The van der Waals surface area contributed by atoms with Crippen LogP contribution >= 0.6 is 0 Å². The largest absolute Gasteiger partial charge is 0.351 e. The first-order chi connectivity index (χ1) is 16.4. The Bertz CT molecular complexity index is 1450. The van der Waals surface area contributed by atoms with Crippen molar-refractivity contribution in [3.05, 3.63) is 76.2 Å². The number of hydrogen-bond donors (Lipinski definition) is 2. The van der Waals surface area contributed by atoms with Gasteiger partial charge in [0.15, 0.2) is 4.90 Å². The molecule has 0 spiro atoms. The molecule has 3 heterocycles. The molecular weight excluding hydrogens is 478 g/mol. The molecule has 0 saturated carbocycles. The molecule has 1 saturated heterocycles. The second-order valence-electron chi connectivity index (χ2n) is 9.26. The molecule has 1 amide bonds. The molecule has 0 aliphatic carbocycles. The maximum Gasteiger partial charge on any atom is 0.269 e. The van der Waals surface area contributed by atoms with Crippen LogP contribution in [-0.2, 0) is 10.0 Å². The van der Waals surface area contributed by atoms with Crippen molar-refractivity contribution in [2.75, 3.05) is 11.4 Å². The Morgan fingerprint density at radius 3 is 2.46 bits per heavy atom. The van der Waals surface area contributed by atoms with Gasteiger partial charge in [-0.3, -0.25) is 9.59 Å². The summed E-state index contributed by atoms with van der Waals surface area (Å²) >= 11 is 0. The minimum Gasteiger partial charge on any atom is -0.351 e. The van der Waals surface area contributed by atoms with Gasteiger partial charge in [-0.2, -0.15) is 0 Å². The fourth-order valence-electron chi connectivity index (χ4n) is 4.50. The number of aromatic amines is 1. The van der Waals surface area contributed by atoms with Crippen LogP contribution in [0.25, 0.3) is 11.3 Å². The highest BCUT2D eigenvalue weighted by Crippen LogP contribution is 2.38. The van der Waals surface area contributed by atoms with Gasteiger partial charge >= 0.3 is 0 Å². The zero-order chi connectivity index (χ0) is 25.5. The Labute approximate surface area is 201 Å². The molecular formula is C24H24F2N4O4S. The molecule has 2 aromatic heterocycles. The number of pyridine rings is 2. The predicted molar refractivity (Wildman–Crippen MR) is 127 cm³/mol. The van der Waals surface area contributed by atoms with Gasteiger partial charge in [0, 0.05) is 29.9 Å². The number of rotatable bonds is 5. The highest BCUT2D eigenvalue weighted by atomic mass is 32.2. The first-order valence-corrected chi connectivity index (χ1v) is 12.4. The van der Waals surface area contributed by atoms with Gasteiger partial charge in [0.05, 0.1) is 11.3 Å². The Hall–Kier alpha value is -3.60. The monoisotopic (exact) mass is 502 g/mol. The van der Waals surface area contributed by atoms with E-state index in [1.165, 1.54) is 24.4 Å². The van der Waals surface area contributed by atoms with E-state index in [-0.39, 0.29) is 28.6 Å². The molecule has 1 atom stereocenters. The number of sulfonamides is 1. The van der Waals surface area contributed by atoms with Crippen molar-refractivity contribution in [1.82, 2.24) is 14.7 Å². The van der Waals surface area contributed by atoms with Crippen LogP contribution in [0.4, 0.5) is 14.6 Å². The van der Waals surface area contributed by atoms with Crippen molar-refractivity contribution >= 4 is 21.7 Å². The standard InChI is InChI=1S/C24H24F2N4O4S/c1-14-12-24(2,3)30(13-14)21-18(6-7-19(28-21)15-9-16(25)11-17(26)10-15)22(31)29-35(33,34)20-5-4-8-27-23(20)32/h4-11,14H,12-13H2,1-3H3,(H,27,32)(H,29,31)/t14-/m0/s1. The summed E-state index contributed by atoms with van der Waals surface area (Å²) in [6, 6.07) is 8.15. The van der Waals surface area contributed by atoms with Crippen molar-refractivity contribution < 1.29 is 22.0 Å². The number of amides is 1. The fourth-order valence-corrected chi connectivity index (χ4v) is 5.53. The minimum atomic E-state index is -4.48. The van der Waals surface area contributed by atoms with E-state index in [0.717, 1.165) is 30.7 Å². The second kappa shape index (κ2) is 8.88. The van der Waals surface area contributed by atoms with Gasteiger partial charge in [0.2, 0.25) is 0 Å². The number of carbonyl (C=O) groups is 1. The van der Waals surface area contributed by atoms with Crippen molar-refractivity contribution in [3.8, 4) is 11.3 Å². The molecule has 1 aromatic carbocycles. The molecule has 184 valence electrons. The normalized spacial score (nSPS) is 17.4. The highest BCUT2D eigenvalue weighted by Gasteiger charge is 2.39. The predicted octanol–water partition coefficient (Wildman–Crippen LogP) is 3.46. The second-order valence-corrected chi connectivity index (χ2v) is 10.9. The van der Waals surface area contributed by atoms with Crippen LogP contribution in [0, 0.1) is 17.6 Å². The summed E-state index contributed by atoms with van der Waals surface area (Å²) in [5.74, 6) is -2.11. The molecule has 0 unspecified atom stereocenters. The zero-order valence-electron chi connectivity index (χ0n) is 19.3. The smallest absolute Gasteiger partial charge is 0.269 e. The van der Waals surface area contributed by atoms with Crippen molar-refractivity contribution in [2.45, 2.75) is 37.6 Å². The maximum absolute atomic E-state index is 13.8. The number of nitrogens with zero attached hydrogens (tertiary/aromatic N) is 2. The van der Waals surface area contributed by atoms with Gasteiger partial charge in [0.1, 0.15) is 17.5 Å². The Balaban J connectivity index is 1.81. The van der Waals surface area contributed by atoms with Gasteiger partial charge in [-0.15, -0.1) is 0 Å². The van der Waals surface area contributed by atoms with E-state index in [2.05, 4.69) is 9.97 Å². The summed E-state index contributed by atoms with van der Waals surface area (Å²) in [6.45, 7) is 6.51. The van der Waals surface area contributed by atoms with E-state index in [0.29, 0.717) is 6.54 Å². The van der Waals surface area contributed by atoms with E-state index >= 15 is 0 Å². The third-order valence-electron chi connectivity index (χ3n) is 5.91. The number of carbonyl (C=O) groups excluding carboxylic acids is 1. The van der Waals surface area contributed by atoms with Gasteiger partial charge < -0.3 is 9.88 Å². The summed E-state index contributed by atoms with van der Waals surface area (Å²) in [5, 5.41) is 0. The number of H-pyrrole nitrogens is 1. The fraction of sp³-hybridized carbons (Fsp3) is 0.292. The van der Waals surface area contributed by atoms with E-state index in [1.54, 1.807) is 0 Å². The SMILES string of the molecule is C[C@@H]1CN(c2nc(-c3cc(F)cc(F)c3)ccc2C(=O)NS(=O)(=O)c2ccc[nH]c2=O)C(C)(C)C1. The van der Waals surface area contributed by atoms with Crippen LogP contribution in [0.1, 0.15) is 37.6 Å². The lowest BCUT2D eigenvalue weighted by molar-refractivity contribution is 0.0981. The topological polar surface area (TPSA) is 112 Å². The minimum absolute atomic E-state index is 0.0521. The molecule has 35 heavy (non-hydrogen) atoms. The Morgan fingerprint density at radius 1 is 1.17 bits per heavy atom. The third-order valence-corrected chi connectivity index (χ3v) is 7.26. The quantitative estimate of drug-likeness (QED) is 0.553. The molecule has 11 heteroatoms. The molecule has 1 aliphatic rings. The van der Waals surface area contributed by atoms with Crippen LogP contribution in [0.5, 0.6) is 0 Å². The zero-order valence-corrected chi connectivity index (χ0v) is 20.1. The first kappa shape index (κ1) is 24.5. The molecule has 3 aromatic rings. The lowest BCUT2D eigenvalue weighted by Crippen LogP contribution is -2.41. The van der Waals surface area contributed by atoms with Crippen molar-refractivity contribution in [2.24, 2.45) is 5.92 Å². The van der Waals surface area contributed by atoms with E-state index in [4.69, 9.17) is 0 Å². The lowest BCUT2D eigenvalue weighted by Gasteiger charge is -2.34. The van der Waals surface area contributed by atoms with Crippen LogP contribution in [0.3, 0.4) is 0 Å². The van der Waals surface area contributed by atoms with Gasteiger partial charge in [-0.05, 0) is 62.6 Å². The molecule has 1 fully saturated rings. The molecule has 4 rings (SSSR count). The van der Waals surface area contributed by atoms with Crippen molar-refractivity contribution in [1.29, 1.82) is 0 Å². The number of aromatic nitrogens is 2. The molecule has 8 nitrogen and oxygen atoms in total. The molecule has 0 bridgehead atoms. The number of halogens is 2. The number of anilines is 1. The summed E-state index contributed by atoms with van der Waals surface area (Å²) in [5.41, 5.74) is -0.965. The first-order valence-electron chi connectivity index (χ1n) is 10.9. The van der Waals surface area contributed by atoms with E-state index in [9.17, 15) is 26.8 Å². The molecule has 2 N–H and O–H groups in total. The highest BCUT2D eigenvalue weighted by molar-refractivity contribution is 7.90. The number of nitrogens with one attached hydrogen (secondary N) is 2. The number of benzene rings is 1. The third kappa shape index (κ3) is 4.95. The average molecular weight is 503 g/mol.